The Bertz CT molecular complexity index is 707. The van der Waals surface area contributed by atoms with E-state index in [0.717, 1.165) is 19.3 Å². The standard InChI is InChI=1S/C19H19N/c1-2-3-5-13-18-15-16-10-8-9-14-19(16)20(18)17-11-6-4-7-12-17/h2,4,6-12,14-15H,1,3,5,13H2. The van der Waals surface area contributed by atoms with Gasteiger partial charge in [-0.1, -0.05) is 42.5 Å². The van der Waals surface area contributed by atoms with Crippen LogP contribution in [0.15, 0.2) is 73.3 Å². The monoisotopic (exact) mass is 261 g/mol. The third-order valence-electron chi connectivity index (χ3n) is 3.64. The van der Waals surface area contributed by atoms with Crippen molar-refractivity contribution in [2.24, 2.45) is 0 Å². The van der Waals surface area contributed by atoms with Crippen LogP contribution in [0.25, 0.3) is 16.6 Å². The summed E-state index contributed by atoms with van der Waals surface area (Å²) in [5.41, 5.74) is 3.90. The van der Waals surface area contributed by atoms with Crippen LogP contribution in [0.2, 0.25) is 0 Å². The third kappa shape index (κ3) is 2.39. The first-order valence-corrected chi connectivity index (χ1v) is 7.16. The summed E-state index contributed by atoms with van der Waals surface area (Å²) >= 11 is 0. The van der Waals surface area contributed by atoms with E-state index in [0.29, 0.717) is 0 Å². The van der Waals surface area contributed by atoms with Gasteiger partial charge in [0.1, 0.15) is 0 Å². The molecule has 0 N–H and O–H groups in total. The van der Waals surface area contributed by atoms with Gasteiger partial charge in [0.25, 0.3) is 0 Å². The van der Waals surface area contributed by atoms with Crippen LogP contribution in [0, 0.1) is 0 Å². The van der Waals surface area contributed by atoms with E-state index in [-0.39, 0.29) is 0 Å². The molecule has 0 atom stereocenters. The average molecular weight is 261 g/mol. The Labute approximate surface area is 120 Å². The second-order valence-electron chi connectivity index (χ2n) is 5.05. The number of unbranched alkanes of at least 4 members (excludes halogenated alkanes) is 1. The number of aromatic nitrogens is 1. The first-order chi connectivity index (χ1) is 9.90. The fourth-order valence-electron chi connectivity index (χ4n) is 2.71. The highest BCUT2D eigenvalue weighted by atomic mass is 15.0. The van der Waals surface area contributed by atoms with Gasteiger partial charge in [-0.3, -0.25) is 0 Å². The van der Waals surface area contributed by atoms with Crippen molar-refractivity contribution in [2.45, 2.75) is 19.3 Å². The lowest BCUT2D eigenvalue weighted by atomic mass is 10.2. The van der Waals surface area contributed by atoms with E-state index in [1.165, 1.54) is 22.3 Å². The van der Waals surface area contributed by atoms with E-state index in [2.05, 4.69) is 71.8 Å². The molecule has 0 saturated heterocycles. The minimum atomic E-state index is 1.07. The molecule has 1 heterocycles. The molecular weight excluding hydrogens is 242 g/mol. The van der Waals surface area contributed by atoms with Gasteiger partial charge in [0.2, 0.25) is 0 Å². The van der Waals surface area contributed by atoms with Crippen LogP contribution in [0.4, 0.5) is 0 Å². The molecule has 0 amide bonds. The Kier molecular flexibility index (Phi) is 3.69. The summed E-state index contributed by atoms with van der Waals surface area (Å²) in [5.74, 6) is 0. The number of benzene rings is 2. The normalized spacial score (nSPS) is 10.8. The number of para-hydroxylation sites is 2. The van der Waals surface area contributed by atoms with Gasteiger partial charge in [-0.05, 0) is 43.5 Å². The van der Waals surface area contributed by atoms with Crippen molar-refractivity contribution >= 4 is 10.9 Å². The van der Waals surface area contributed by atoms with Crippen LogP contribution < -0.4 is 0 Å². The summed E-state index contributed by atoms with van der Waals surface area (Å²) in [6.45, 7) is 3.81. The maximum atomic E-state index is 3.81. The van der Waals surface area contributed by atoms with Gasteiger partial charge < -0.3 is 4.57 Å². The largest absolute Gasteiger partial charge is 0.314 e. The summed E-state index contributed by atoms with van der Waals surface area (Å²) < 4.78 is 2.37. The van der Waals surface area contributed by atoms with Crippen molar-refractivity contribution in [3.05, 3.63) is 79.0 Å². The van der Waals surface area contributed by atoms with Crippen LogP contribution in [0.3, 0.4) is 0 Å². The molecule has 100 valence electrons. The third-order valence-corrected chi connectivity index (χ3v) is 3.64. The van der Waals surface area contributed by atoms with Crippen LogP contribution in [0.5, 0.6) is 0 Å². The van der Waals surface area contributed by atoms with Crippen molar-refractivity contribution in [1.82, 2.24) is 4.57 Å². The van der Waals surface area contributed by atoms with Crippen molar-refractivity contribution in [3.63, 3.8) is 0 Å². The molecule has 0 aliphatic carbocycles. The minimum Gasteiger partial charge on any atom is -0.314 e. The molecule has 0 saturated carbocycles. The molecule has 1 heteroatoms. The first kappa shape index (κ1) is 12.7. The highest BCUT2D eigenvalue weighted by molar-refractivity contribution is 5.83. The average Bonchev–Trinajstić information content (AvgIpc) is 2.86. The number of nitrogens with zero attached hydrogens (tertiary/aromatic N) is 1. The topological polar surface area (TPSA) is 4.93 Å². The number of allylic oxidation sites excluding steroid dienone is 1. The maximum absolute atomic E-state index is 3.81. The zero-order chi connectivity index (χ0) is 13.8. The molecule has 0 radical (unpaired) electrons. The van der Waals surface area contributed by atoms with Crippen LogP contribution in [-0.4, -0.2) is 4.57 Å². The fourth-order valence-corrected chi connectivity index (χ4v) is 2.71. The molecule has 0 aliphatic rings. The number of hydrogen-bond donors (Lipinski definition) is 0. The Hall–Kier alpha value is -2.28. The van der Waals surface area contributed by atoms with E-state index >= 15 is 0 Å². The number of hydrogen-bond acceptors (Lipinski definition) is 0. The molecule has 2 aromatic carbocycles. The molecule has 0 unspecified atom stereocenters. The smallest absolute Gasteiger partial charge is 0.0531 e. The second kappa shape index (κ2) is 5.79. The Morgan fingerprint density at radius 3 is 2.50 bits per heavy atom. The zero-order valence-electron chi connectivity index (χ0n) is 11.6. The van der Waals surface area contributed by atoms with E-state index in [9.17, 15) is 0 Å². The van der Waals surface area contributed by atoms with Crippen LogP contribution in [-0.2, 0) is 6.42 Å². The van der Waals surface area contributed by atoms with Crippen molar-refractivity contribution in [3.8, 4) is 5.69 Å². The summed E-state index contributed by atoms with van der Waals surface area (Å²) in [6.07, 6.45) is 5.29. The summed E-state index contributed by atoms with van der Waals surface area (Å²) in [4.78, 5) is 0. The molecule has 0 bridgehead atoms. The highest BCUT2D eigenvalue weighted by Crippen LogP contribution is 2.25. The summed E-state index contributed by atoms with van der Waals surface area (Å²) in [6, 6.07) is 21.5. The molecule has 0 aliphatic heterocycles. The predicted molar refractivity (Wildman–Crippen MR) is 86.4 cm³/mol. The van der Waals surface area contributed by atoms with Gasteiger partial charge in [0.15, 0.2) is 0 Å². The SMILES string of the molecule is C=CCCCc1cc2ccccc2n1-c1ccccc1. The molecule has 0 fully saturated rings. The Balaban J connectivity index is 2.11. The lowest BCUT2D eigenvalue weighted by Gasteiger charge is -2.10. The first-order valence-electron chi connectivity index (χ1n) is 7.16. The number of fused-ring (bicyclic) bond motifs is 1. The van der Waals surface area contributed by atoms with Crippen LogP contribution >= 0.6 is 0 Å². The molecule has 3 rings (SSSR count). The van der Waals surface area contributed by atoms with Gasteiger partial charge in [0.05, 0.1) is 5.52 Å². The lowest BCUT2D eigenvalue weighted by Crippen LogP contribution is -1.99. The Morgan fingerprint density at radius 1 is 0.950 bits per heavy atom. The Morgan fingerprint density at radius 2 is 1.70 bits per heavy atom. The van der Waals surface area contributed by atoms with Crippen molar-refractivity contribution in [1.29, 1.82) is 0 Å². The molecule has 1 nitrogen and oxygen atoms in total. The molecule has 3 aromatic rings. The quantitative estimate of drug-likeness (QED) is 0.443. The predicted octanol–water partition coefficient (Wildman–Crippen LogP) is 5.14. The summed E-state index contributed by atoms with van der Waals surface area (Å²) in [7, 11) is 0. The fraction of sp³-hybridized carbons (Fsp3) is 0.158. The van der Waals surface area contributed by atoms with E-state index in [4.69, 9.17) is 0 Å². The van der Waals surface area contributed by atoms with Gasteiger partial charge in [-0.2, -0.15) is 0 Å². The maximum Gasteiger partial charge on any atom is 0.0531 e. The van der Waals surface area contributed by atoms with E-state index in [1.807, 2.05) is 6.08 Å². The van der Waals surface area contributed by atoms with Gasteiger partial charge in [-0.25, -0.2) is 0 Å². The second-order valence-corrected chi connectivity index (χ2v) is 5.05. The molecule has 20 heavy (non-hydrogen) atoms. The zero-order valence-corrected chi connectivity index (χ0v) is 11.6. The lowest BCUT2D eigenvalue weighted by molar-refractivity contribution is 0.801. The molecular formula is C19H19N. The van der Waals surface area contributed by atoms with E-state index < -0.39 is 0 Å². The van der Waals surface area contributed by atoms with E-state index in [1.54, 1.807) is 0 Å². The van der Waals surface area contributed by atoms with Gasteiger partial charge in [0, 0.05) is 16.8 Å². The number of aryl methyl sites for hydroxylation is 1. The van der Waals surface area contributed by atoms with Crippen LogP contribution in [0.1, 0.15) is 18.5 Å². The van der Waals surface area contributed by atoms with Crippen molar-refractivity contribution < 1.29 is 0 Å². The highest BCUT2D eigenvalue weighted by Gasteiger charge is 2.09. The number of rotatable bonds is 5. The molecule has 0 spiro atoms. The molecule has 1 aromatic heterocycles. The van der Waals surface area contributed by atoms with Gasteiger partial charge >= 0.3 is 0 Å². The minimum absolute atomic E-state index is 1.07. The van der Waals surface area contributed by atoms with Crippen molar-refractivity contribution in [2.75, 3.05) is 0 Å². The van der Waals surface area contributed by atoms with Gasteiger partial charge in [-0.15, -0.1) is 6.58 Å². The summed E-state index contributed by atoms with van der Waals surface area (Å²) in [5, 5.41) is 1.31.